The molecule has 0 radical (unpaired) electrons. The number of nitrogens with one attached hydrogen (secondary N) is 1. The first kappa shape index (κ1) is 22.5. The molecule has 8 heteroatoms. The zero-order valence-electron chi connectivity index (χ0n) is 18.7. The van der Waals surface area contributed by atoms with Crippen LogP contribution in [0.2, 0.25) is 5.02 Å². The van der Waals surface area contributed by atoms with Gasteiger partial charge in [-0.3, -0.25) is 24.2 Å². The molecule has 172 valence electrons. The SMILES string of the molecule is Cc1ccc(NC(=O)CN2C(=O)[C@@]3(SCC(=O)N3c3ccc(Cl)cc3)c3ccccc32)cc1C. The number of anilines is 3. The summed E-state index contributed by atoms with van der Waals surface area (Å²) in [6, 6.07) is 19.9. The van der Waals surface area contributed by atoms with Crippen LogP contribution in [-0.4, -0.2) is 30.0 Å². The topological polar surface area (TPSA) is 69.7 Å². The molecule has 1 N–H and O–H groups in total. The van der Waals surface area contributed by atoms with E-state index in [-0.39, 0.29) is 30.0 Å². The highest BCUT2D eigenvalue weighted by molar-refractivity contribution is 8.02. The van der Waals surface area contributed by atoms with Crippen molar-refractivity contribution in [1.82, 2.24) is 0 Å². The number of aryl methyl sites for hydroxylation is 2. The van der Waals surface area contributed by atoms with Crippen molar-refractivity contribution in [3.05, 3.63) is 88.4 Å². The average molecular weight is 492 g/mol. The predicted octanol–water partition coefficient (Wildman–Crippen LogP) is 4.87. The second kappa shape index (κ2) is 8.49. The Labute approximate surface area is 206 Å². The lowest BCUT2D eigenvalue weighted by atomic mass is 10.0. The molecule has 3 amide bonds. The Morgan fingerprint density at radius 2 is 1.76 bits per heavy atom. The Morgan fingerprint density at radius 1 is 1.03 bits per heavy atom. The molecule has 1 atom stereocenters. The van der Waals surface area contributed by atoms with E-state index < -0.39 is 4.87 Å². The van der Waals surface area contributed by atoms with Crippen molar-refractivity contribution in [2.75, 3.05) is 27.4 Å². The van der Waals surface area contributed by atoms with E-state index in [1.54, 1.807) is 24.3 Å². The fourth-order valence-electron chi connectivity index (χ4n) is 4.47. The Hall–Kier alpha value is -3.29. The standard InChI is InChI=1S/C26H22ClN3O3S/c1-16-7-10-19(13-17(16)2)28-23(31)14-29-22-6-4-3-5-21(22)26(25(29)33)30(24(32)15-34-26)20-11-8-18(27)9-12-20/h3-13H,14-15H2,1-2H3,(H,28,31)/t26-/m0/s1. The Bertz CT molecular complexity index is 1330. The predicted molar refractivity (Wildman–Crippen MR) is 136 cm³/mol. The van der Waals surface area contributed by atoms with Gasteiger partial charge in [0.1, 0.15) is 6.54 Å². The second-order valence-electron chi connectivity index (χ2n) is 8.39. The monoisotopic (exact) mass is 491 g/mol. The van der Waals surface area contributed by atoms with E-state index in [1.807, 2.05) is 56.3 Å². The number of nitrogens with zero attached hydrogens (tertiary/aromatic N) is 2. The number of hydrogen-bond acceptors (Lipinski definition) is 4. The van der Waals surface area contributed by atoms with Crippen LogP contribution in [0.25, 0.3) is 0 Å². The third kappa shape index (κ3) is 3.56. The van der Waals surface area contributed by atoms with Crippen LogP contribution in [0.1, 0.15) is 16.7 Å². The molecule has 1 fully saturated rings. The van der Waals surface area contributed by atoms with Gasteiger partial charge in [0.25, 0.3) is 5.91 Å². The maximum atomic E-state index is 14.0. The molecule has 2 aliphatic heterocycles. The van der Waals surface area contributed by atoms with E-state index in [2.05, 4.69) is 5.32 Å². The number of para-hydroxylation sites is 1. The maximum absolute atomic E-state index is 14.0. The number of carbonyl (C=O) groups excluding carboxylic acids is 3. The lowest BCUT2D eigenvalue weighted by Gasteiger charge is -2.33. The molecule has 34 heavy (non-hydrogen) atoms. The third-order valence-corrected chi connectivity index (χ3v) is 7.88. The van der Waals surface area contributed by atoms with E-state index in [0.29, 0.717) is 27.6 Å². The van der Waals surface area contributed by atoms with Crippen molar-refractivity contribution in [1.29, 1.82) is 0 Å². The van der Waals surface area contributed by atoms with Gasteiger partial charge in [-0.05, 0) is 67.4 Å². The number of carbonyl (C=O) groups is 3. The molecule has 2 aliphatic rings. The summed E-state index contributed by atoms with van der Waals surface area (Å²) in [6.45, 7) is 3.83. The molecule has 0 aliphatic carbocycles. The van der Waals surface area contributed by atoms with Crippen LogP contribution >= 0.6 is 23.4 Å². The van der Waals surface area contributed by atoms with Crippen molar-refractivity contribution in [3.63, 3.8) is 0 Å². The molecule has 0 aromatic heterocycles. The molecule has 2 heterocycles. The third-order valence-electron chi connectivity index (χ3n) is 6.24. The second-order valence-corrected chi connectivity index (χ2v) is 10.00. The fourth-order valence-corrected chi connectivity index (χ4v) is 5.95. The molecule has 1 spiro atoms. The molecule has 6 nitrogen and oxygen atoms in total. The number of rotatable bonds is 4. The van der Waals surface area contributed by atoms with E-state index in [9.17, 15) is 14.4 Å². The molecular formula is C26H22ClN3O3S. The van der Waals surface area contributed by atoms with Crippen molar-refractivity contribution >= 4 is 58.1 Å². The molecule has 1 saturated heterocycles. The summed E-state index contributed by atoms with van der Waals surface area (Å²) in [5.41, 5.74) is 4.79. The van der Waals surface area contributed by atoms with Crippen molar-refractivity contribution in [2.45, 2.75) is 18.7 Å². The summed E-state index contributed by atoms with van der Waals surface area (Å²) in [4.78, 5) is 41.7. The molecule has 3 aromatic carbocycles. The summed E-state index contributed by atoms with van der Waals surface area (Å²) < 4.78 is 0. The van der Waals surface area contributed by atoms with Crippen LogP contribution in [0, 0.1) is 13.8 Å². The van der Waals surface area contributed by atoms with Crippen molar-refractivity contribution in [3.8, 4) is 0 Å². The zero-order valence-corrected chi connectivity index (χ0v) is 20.2. The minimum absolute atomic E-state index is 0.158. The van der Waals surface area contributed by atoms with E-state index in [0.717, 1.165) is 11.1 Å². The highest BCUT2D eigenvalue weighted by atomic mass is 35.5. The highest BCUT2D eigenvalue weighted by Crippen LogP contribution is 2.55. The fraction of sp³-hybridized carbons (Fsp3) is 0.192. The summed E-state index contributed by atoms with van der Waals surface area (Å²) in [6.07, 6.45) is 0. The summed E-state index contributed by atoms with van der Waals surface area (Å²) in [7, 11) is 0. The molecule has 0 saturated carbocycles. The van der Waals surface area contributed by atoms with Crippen molar-refractivity contribution in [2.24, 2.45) is 0 Å². The lowest BCUT2D eigenvalue weighted by molar-refractivity contribution is -0.124. The number of benzene rings is 3. The van der Waals surface area contributed by atoms with Crippen LogP contribution in [0.15, 0.2) is 66.7 Å². The first-order valence-electron chi connectivity index (χ1n) is 10.8. The number of amides is 3. The minimum atomic E-state index is -1.26. The van der Waals surface area contributed by atoms with Crippen LogP contribution in [0.4, 0.5) is 17.1 Å². The highest BCUT2D eigenvalue weighted by Gasteiger charge is 2.61. The van der Waals surface area contributed by atoms with Crippen LogP contribution < -0.4 is 15.1 Å². The normalized spacial score (nSPS) is 19.1. The number of halogens is 1. The van der Waals surface area contributed by atoms with Gasteiger partial charge in [0.05, 0.1) is 11.4 Å². The summed E-state index contributed by atoms with van der Waals surface area (Å²) in [5.74, 6) is -0.631. The van der Waals surface area contributed by atoms with E-state index >= 15 is 0 Å². The summed E-state index contributed by atoms with van der Waals surface area (Å²) >= 11 is 7.33. The van der Waals surface area contributed by atoms with Gasteiger partial charge in [-0.15, -0.1) is 11.8 Å². The lowest BCUT2D eigenvalue weighted by Crippen LogP contribution is -2.50. The number of thioether (sulfide) groups is 1. The van der Waals surface area contributed by atoms with Gasteiger partial charge < -0.3 is 5.32 Å². The summed E-state index contributed by atoms with van der Waals surface area (Å²) in [5, 5.41) is 3.43. The average Bonchev–Trinajstić information content (AvgIpc) is 3.28. The van der Waals surface area contributed by atoms with Gasteiger partial charge >= 0.3 is 0 Å². The van der Waals surface area contributed by atoms with Crippen LogP contribution in [0.3, 0.4) is 0 Å². The van der Waals surface area contributed by atoms with Gasteiger partial charge in [-0.2, -0.15) is 0 Å². The van der Waals surface area contributed by atoms with Crippen molar-refractivity contribution < 1.29 is 14.4 Å². The minimum Gasteiger partial charge on any atom is -0.325 e. The smallest absolute Gasteiger partial charge is 0.269 e. The van der Waals surface area contributed by atoms with Gasteiger partial charge in [-0.25, -0.2) is 0 Å². The zero-order chi connectivity index (χ0) is 24.0. The van der Waals surface area contributed by atoms with Crippen LogP contribution in [-0.2, 0) is 19.3 Å². The van der Waals surface area contributed by atoms with Gasteiger partial charge in [0, 0.05) is 22.0 Å². The first-order valence-corrected chi connectivity index (χ1v) is 12.2. The number of hydrogen-bond donors (Lipinski definition) is 1. The molecule has 0 unspecified atom stereocenters. The van der Waals surface area contributed by atoms with Crippen LogP contribution in [0.5, 0.6) is 0 Å². The largest absolute Gasteiger partial charge is 0.325 e. The molecular weight excluding hydrogens is 470 g/mol. The van der Waals surface area contributed by atoms with Gasteiger partial charge in [0.2, 0.25) is 16.7 Å². The van der Waals surface area contributed by atoms with E-state index in [1.165, 1.54) is 21.6 Å². The Kier molecular flexibility index (Phi) is 5.62. The van der Waals surface area contributed by atoms with Gasteiger partial charge in [-0.1, -0.05) is 35.9 Å². The number of fused-ring (bicyclic) bond motifs is 2. The Morgan fingerprint density at radius 3 is 2.50 bits per heavy atom. The molecule has 5 rings (SSSR count). The van der Waals surface area contributed by atoms with Gasteiger partial charge in [0.15, 0.2) is 0 Å². The first-order chi connectivity index (χ1) is 16.3. The Balaban J connectivity index is 1.50. The van der Waals surface area contributed by atoms with E-state index in [4.69, 9.17) is 11.6 Å². The molecule has 3 aromatic rings. The maximum Gasteiger partial charge on any atom is 0.269 e. The molecule has 0 bridgehead atoms. The quantitative estimate of drug-likeness (QED) is 0.565.